The fourth-order valence-corrected chi connectivity index (χ4v) is 2.19. The van der Waals surface area contributed by atoms with Crippen LogP contribution in [0.15, 0.2) is 10.1 Å². The first kappa shape index (κ1) is 15.9. The average molecular weight is 278 g/mol. The van der Waals surface area contributed by atoms with Gasteiger partial charge in [0.1, 0.15) is 6.21 Å². The minimum absolute atomic E-state index is 0.0723. The predicted molar refractivity (Wildman–Crippen MR) is 70.5 cm³/mol. The lowest BCUT2D eigenvalue weighted by atomic mass is 9.97. The molecule has 0 spiro atoms. The van der Waals surface area contributed by atoms with Crippen LogP contribution in [-0.2, 0) is 0 Å². The van der Waals surface area contributed by atoms with Gasteiger partial charge in [-0.25, -0.2) is 0 Å². The van der Waals surface area contributed by atoms with Crippen molar-refractivity contribution in [2.45, 2.75) is 25.9 Å². The Morgan fingerprint density at radius 2 is 1.95 bits per heavy atom. The number of piperidine rings is 1. The molecule has 1 aliphatic heterocycles. The Hall–Kier alpha value is -1.11. The molecule has 0 radical (unpaired) electrons. The summed E-state index contributed by atoms with van der Waals surface area (Å²) in [6.45, 7) is 4.49. The van der Waals surface area contributed by atoms with E-state index in [1.165, 1.54) is 0 Å². The Morgan fingerprint density at radius 3 is 2.47 bits per heavy atom. The second kappa shape index (κ2) is 7.47. The summed E-state index contributed by atoms with van der Waals surface area (Å²) >= 11 is 0. The van der Waals surface area contributed by atoms with Crippen LogP contribution in [0.4, 0.5) is 13.2 Å². The molecule has 110 valence electrons. The van der Waals surface area contributed by atoms with Gasteiger partial charge in [0.05, 0.1) is 6.67 Å². The van der Waals surface area contributed by atoms with E-state index in [1.807, 2.05) is 23.9 Å². The smallest absolute Gasteiger partial charge is 0.300 e. The van der Waals surface area contributed by atoms with Gasteiger partial charge >= 0.3 is 6.18 Å². The number of nitrogens with zero attached hydrogens (tertiary/aromatic N) is 4. The number of likely N-dealkylation sites (tertiary alicyclic amines) is 1. The van der Waals surface area contributed by atoms with Crippen LogP contribution in [0.3, 0.4) is 0 Å². The van der Waals surface area contributed by atoms with Gasteiger partial charge in [-0.1, -0.05) is 0 Å². The summed E-state index contributed by atoms with van der Waals surface area (Å²) in [5.41, 5.74) is 0. The molecular weight excluding hydrogens is 257 g/mol. The number of rotatable bonds is 5. The Kier molecular flexibility index (Phi) is 6.27. The van der Waals surface area contributed by atoms with Gasteiger partial charge < -0.3 is 5.01 Å². The maximum absolute atomic E-state index is 11.9. The standard InChI is InChI=1S/C12H21F3N4/c1-3-17-18(2)8-11-4-6-19(7-5-11)10-16-9-12(13,14)15/h3,9,11H,4-8,10H2,1-2H3/b16-9+,17-3-. The van der Waals surface area contributed by atoms with Gasteiger partial charge in [0.2, 0.25) is 0 Å². The molecule has 0 aromatic heterocycles. The second-order valence-electron chi connectivity index (χ2n) is 4.77. The molecule has 0 saturated carbocycles. The summed E-state index contributed by atoms with van der Waals surface area (Å²) in [4.78, 5) is 5.37. The summed E-state index contributed by atoms with van der Waals surface area (Å²) in [7, 11) is 1.93. The molecule has 0 atom stereocenters. The average Bonchev–Trinajstić information content (AvgIpc) is 2.30. The molecule has 0 N–H and O–H groups in total. The van der Waals surface area contributed by atoms with Crippen molar-refractivity contribution < 1.29 is 13.2 Å². The third-order valence-electron chi connectivity index (χ3n) is 3.06. The molecule has 1 heterocycles. The predicted octanol–water partition coefficient (Wildman–Crippen LogP) is 2.23. The van der Waals surface area contributed by atoms with Gasteiger partial charge in [0, 0.05) is 32.9 Å². The maximum Gasteiger partial charge on any atom is 0.426 e. The van der Waals surface area contributed by atoms with Crippen LogP contribution in [-0.4, -0.2) is 61.9 Å². The quantitative estimate of drug-likeness (QED) is 0.570. The fraction of sp³-hybridized carbons (Fsp3) is 0.833. The zero-order valence-corrected chi connectivity index (χ0v) is 11.4. The van der Waals surface area contributed by atoms with Crippen molar-refractivity contribution >= 4 is 12.4 Å². The first-order valence-electron chi connectivity index (χ1n) is 6.40. The topological polar surface area (TPSA) is 31.2 Å². The number of alkyl halides is 3. The van der Waals surface area contributed by atoms with E-state index in [0.29, 0.717) is 5.92 Å². The molecule has 0 bridgehead atoms. The maximum atomic E-state index is 11.9. The van der Waals surface area contributed by atoms with E-state index in [-0.39, 0.29) is 12.9 Å². The van der Waals surface area contributed by atoms with Gasteiger partial charge in [-0.2, -0.15) is 18.3 Å². The largest absolute Gasteiger partial charge is 0.426 e. The molecular formula is C12H21F3N4. The highest BCUT2D eigenvalue weighted by molar-refractivity contribution is 5.63. The Bertz CT molecular complexity index is 307. The summed E-state index contributed by atoms with van der Waals surface area (Å²) < 4.78 is 35.7. The molecule has 1 saturated heterocycles. The van der Waals surface area contributed by atoms with Crippen molar-refractivity contribution in [1.29, 1.82) is 0 Å². The van der Waals surface area contributed by atoms with E-state index >= 15 is 0 Å². The van der Waals surface area contributed by atoms with Crippen LogP contribution in [0.25, 0.3) is 0 Å². The van der Waals surface area contributed by atoms with Crippen molar-refractivity contribution in [3.05, 3.63) is 0 Å². The Balaban J connectivity index is 2.24. The minimum Gasteiger partial charge on any atom is -0.300 e. The highest BCUT2D eigenvalue weighted by Gasteiger charge is 2.24. The van der Waals surface area contributed by atoms with Crippen LogP contribution < -0.4 is 0 Å². The first-order valence-corrected chi connectivity index (χ1v) is 6.40. The summed E-state index contributed by atoms with van der Waals surface area (Å²) in [6, 6.07) is 0. The molecule has 1 fully saturated rings. The molecule has 0 aliphatic carbocycles. The number of hydrogen-bond acceptors (Lipinski definition) is 4. The van der Waals surface area contributed by atoms with E-state index in [9.17, 15) is 13.2 Å². The zero-order valence-electron chi connectivity index (χ0n) is 11.4. The third-order valence-corrected chi connectivity index (χ3v) is 3.06. The van der Waals surface area contributed by atoms with Gasteiger partial charge in [-0.3, -0.25) is 9.89 Å². The molecule has 1 rings (SSSR count). The van der Waals surface area contributed by atoms with E-state index in [2.05, 4.69) is 10.1 Å². The molecule has 0 aromatic rings. The van der Waals surface area contributed by atoms with Crippen LogP contribution >= 0.6 is 0 Å². The molecule has 0 aromatic carbocycles. The molecule has 0 unspecified atom stereocenters. The van der Waals surface area contributed by atoms with Crippen molar-refractivity contribution in [2.75, 3.05) is 33.4 Å². The molecule has 7 heteroatoms. The summed E-state index contributed by atoms with van der Waals surface area (Å²) in [5, 5.41) is 6.07. The van der Waals surface area contributed by atoms with E-state index in [4.69, 9.17) is 0 Å². The second-order valence-corrected chi connectivity index (χ2v) is 4.77. The number of hydrogen-bond donors (Lipinski definition) is 0. The SMILES string of the molecule is C/C=N\N(C)CC1CCN(C/N=C/C(F)(F)F)CC1. The van der Waals surface area contributed by atoms with E-state index in [0.717, 1.165) is 32.5 Å². The van der Waals surface area contributed by atoms with Gasteiger partial charge in [-0.15, -0.1) is 0 Å². The van der Waals surface area contributed by atoms with Gasteiger partial charge in [0.15, 0.2) is 0 Å². The third kappa shape index (κ3) is 7.15. The lowest BCUT2D eigenvalue weighted by Crippen LogP contribution is -2.37. The summed E-state index contributed by atoms with van der Waals surface area (Å²) in [6.07, 6.45) is -0.529. The zero-order chi connectivity index (χ0) is 14.3. The van der Waals surface area contributed by atoms with Crippen LogP contribution in [0.5, 0.6) is 0 Å². The lowest BCUT2D eigenvalue weighted by Gasteiger charge is -2.32. The molecule has 1 aliphatic rings. The van der Waals surface area contributed by atoms with Gasteiger partial charge in [-0.05, 0) is 25.7 Å². The van der Waals surface area contributed by atoms with Crippen LogP contribution in [0, 0.1) is 5.92 Å². The molecule has 4 nitrogen and oxygen atoms in total. The van der Waals surface area contributed by atoms with Crippen LogP contribution in [0.2, 0.25) is 0 Å². The van der Waals surface area contributed by atoms with E-state index in [1.54, 1.807) is 6.21 Å². The summed E-state index contributed by atoms with van der Waals surface area (Å²) in [5.74, 6) is 0.552. The molecule has 0 amide bonds. The fourth-order valence-electron chi connectivity index (χ4n) is 2.19. The number of hydrazone groups is 1. The van der Waals surface area contributed by atoms with Crippen LogP contribution in [0.1, 0.15) is 19.8 Å². The highest BCUT2D eigenvalue weighted by atomic mass is 19.4. The first-order chi connectivity index (χ1) is 8.90. The van der Waals surface area contributed by atoms with Crippen molar-refractivity contribution in [1.82, 2.24) is 9.91 Å². The van der Waals surface area contributed by atoms with Crippen molar-refractivity contribution in [3.63, 3.8) is 0 Å². The van der Waals surface area contributed by atoms with E-state index < -0.39 is 6.18 Å². The highest BCUT2D eigenvalue weighted by Crippen LogP contribution is 2.18. The Morgan fingerprint density at radius 1 is 1.32 bits per heavy atom. The normalized spacial score (nSPS) is 19.6. The monoisotopic (exact) mass is 278 g/mol. The Labute approximate surface area is 112 Å². The number of aliphatic imine (C=N–C) groups is 1. The number of halogens is 3. The lowest BCUT2D eigenvalue weighted by molar-refractivity contribution is -0.0539. The van der Waals surface area contributed by atoms with Crippen molar-refractivity contribution in [3.8, 4) is 0 Å². The van der Waals surface area contributed by atoms with Crippen molar-refractivity contribution in [2.24, 2.45) is 16.0 Å². The van der Waals surface area contributed by atoms with Gasteiger partial charge in [0.25, 0.3) is 0 Å². The molecule has 19 heavy (non-hydrogen) atoms. The minimum atomic E-state index is -4.31.